The van der Waals surface area contributed by atoms with Gasteiger partial charge >= 0.3 is 6.03 Å². The molecule has 2 aromatic heterocycles. The highest BCUT2D eigenvalue weighted by molar-refractivity contribution is 5.93. The van der Waals surface area contributed by atoms with Crippen LogP contribution in [-0.4, -0.2) is 68.4 Å². The van der Waals surface area contributed by atoms with Crippen LogP contribution in [0.2, 0.25) is 0 Å². The zero-order valence-corrected chi connectivity index (χ0v) is 12.2. The Labute approximate surface area is 127 Å². The number of aromatic nitrogens is 5. The number of hydrogen-bond donors (Lipinski definition) is 1. The quantitative estimate of drug-likeness (QED) is 0.809. The molecule has 2 aliphatic rings. The van der Waals surface area contributed by atoms with Gasteiger partial charge in [-0.2, -0.15) is 20.1 Å². The molecule has 2 saturated heterocycles. The van der Waals surface area contributed by atoms with Crippen LogP contribution in [0, 0.1) is 0 Å². The minimum Gasteiger partial charge on any atom is -0.336 e. The maximum absolute atomic E-state index is 11.6. The predicted octanol–water partition coefficient (Wildman–Crippen LogP) is -0.439. The molecule has 0 aromatic carbocycles. The van der Waals surface area contributed by atoms with Crippen molar-refractivity contribution >= 4 is 11.7 Å². The number of rotatable bonds is 5. The van der Waals surface area contributed by atoms with Crippen LogP contribution in [0.25, 0.3) is 0 Å². The molecule has 0 bridgehead atoms. The Hall–Kier alpha value is -2.42. The first-order chi connectivity index (χ1) is 10.8. The van der Waals surface area contributed by atoms with E-state index in [9.17, 15) is 4.79 Å². The molecular weight excluding hydrogens is 284 g/mol. The van der Waals surface area contributed by atoms with Gasteiger partial charge in [0.1, 0.15) is 0 Å². The summed E-state index contributed by atoms with van der Waals surface area (Å²) in [6.45, 7) is 5.08. The number of carbonyl (C=O) groups is 1. The van der Waals surface area contributed by atoms with Gasteiger partial charge in [-0.05, 0) is 0 Å². The number of nitrogens with one attached hydrogen (secondary N) is 1. The Morgan fingerprint density at radius 2 is 2.00 bits per heavy atom. The highest BCUT2D eigenvalue weighted by Gasteiger charge is 2.30. The fourth-order valence-corrected chi connectivity index (χ4v) is 2.87. The maximum atomic E-state index is 11.6. The van der Waals surface area contributed by atoms with E-state index in [1.165, 1.54) is 0 Å². The number of nitrogens with zero attached hydrogens (tertiary/aromatic N) is 7. The monoisotopic (exact) mass is 302 g/mol. The van der Waals surface area contributed by atoms with E-state index in [-0.39, 0.29) is 6.03 Å². The molecule has 0 atom stereocenters. The summed E-state index contributed by atoms with van der Waals surface area (Å²) in [4.78, 5) is 17.4. The average molecular weight is 302 g/mol. The van der Waals surface area contributed by atoms with Gasteiger partial charge in [0, 0.05) is 38.9 Å². The highest BCUT2D eigenvalue weighted by Crippen LogP contribution is 2.23. The van der Waals surface area contributed by atoms with Gasteiger partial charge in [-0.3, -0.25) is 14.5 Å². The molecular formula is C13H18N8O. The molecule has 1 N–H and O–H groups in total. The number of hydrogen-bond acceptors (Lipinski definition) is 5. The van der Waals surface area contributed by atoms with Gasteiger partial charge in [0.2, 0.25) is 0 Å². The summed E-state index contributed by atoms with van der Waals surface area (Å²) in [6.07, 6.45) is 7.11. The Bertz CT molecular complexity index is 645. The molecule has 22 heavy (non-hydrogen) atoms. The van der Waals surface area contributed by atoms with E-state index in [4.69, 9.17) is 0 Å². The second-order valence-electron chi connectivity index (χ2n) is 5.60. The summed E-state index contributed by atoms with van der Waals surface area (Å²) in [5.74, 6) is 0. The molecule has 0 spiro atoms. The summed E-state index contributed by atoms with van der Waals surface area (Å²) >= 11 is 0. The first kappa shape index (κ1) is 13.3. The van der Waals surface area contributed by atoms with Crippen LogP contribution in [0.5, 0.6) is 0 Å². The molecule has 2 aliphatic heterocycles. The van der Waals surface area contributed by atoms with E-state index < -0.39 is 0 Å². The SMILES string of the molecule is O=C1NCCN1c1cnn(C2CN(CCn3nccn3)C2)c1. The molecule has 0 radical (unpaired) electrons. The van der Waals surface area contributed by atoms with Crippen molar-refractivity contribution in [3.8, 4) is 0 Å². The fraction of sp³-hybridized carbons (Fsp3) is 0.538. The molecule has 4 rings (SSSR count). The molecule has 0 saturated carbocycles. The predicted molar refractivity (Wildman–Crippen MR) is 78.5 cm³/mol. The molecule has 2 amide bonds. The first-order valence-electron chi connectivity index (χ1n) is 7.45. The zero-order chi connectivity index (χ0) is 14.9. The molecule has 2 aromatic rings. The number of urea groups is 1. The van der Waals surface area contributed by atoms with E-state index in [2.05, 4.69) is 25.5 Å². The lowest BCUT2D eigenvalue weighted by Crippen LogP contribution is -2.49. The summed E-state index contributed by atoms with van der Waals surface area (Å²) in [5, 5.41) is 15.4. The van der Waals surface area contributed by atoms with Crippen LogP contribution in [0.4, 0.5) is 10.5 Å². The molecule has 0 aliphatic carbocycles. The van der Waals surface area contributed by atoms with Crippen molar-refractivity contribution < 1.29 is 4.79 Å². The third-order valence-corrected chi connectivity index (χ3v) is 4.15. The normalized spacial score (nSPS) is 19.5. The van der Waals surface area contributed by atoms with Crippen LogP contribution in [0.3, 0.4) is 0 Å². The second-order valence-corrected chi connectivity index (χ2v) is 5.60. The van der Waals surface area contributed by atoms with E-state index >= 15 is 0 Å². The summed E-state index contributed by atoms with van der Waals surface area (Å²) < 4.78 is 1.96. The minimum absolute atomic E-state index is 0.0403. The van der Waals surface area contributed by atoms with Crippen molar-refractivity contribution in [2.45, 2.75) is 12.6 Å². The van der Waals surface area contributed by atoms with Crippen LogP contribution in [0.1, 0.15) is 6.04 Å². The van der Waals surface area contributed by atoms with Crippen LogP contribution >= 0.6 is 0 Å². The number of carbonyl (C=O) groups excluding carboxylic acids is 1. The van der Waals surface area contributed by atoms with E-state index in [0.29, 0.717) is 19.1 Å². The Balaban J connectivity index is 1.29. The molecule has 2 fully saturated rings. The van der Waals surface area contributed by atoms with Crippen molar-refractivity contribution in [3.05, 3.63) is 24.8 Å². The minimum atomic E-state index is -0.0403. The van der Waals surface area contributed by atoms with E-state index in [1.54, 1.807) is 28.3 Å². The van der Waals surface area contributed by atoms with Gasteiger partial charge in [0.05, 0.1) is 36.9 Å². The lowest BCUT2D eigenvalue weighted by atomic mass is 10.1. The number of likely N-dealkylation sites (tertiary alicyclic amines) is 1. The lowest BCUT2D eigenvalue weighted by molar-refractivity contribution is 0.0919. The van der Waals surface area contributed by atoms with Crippen molar-refractivity contribution in [2.24, 2.45) is 0 Å². The average Bonchev–Trinajstić information content (AvgIpc) is 3.17. The third-order valence-electron chi connectivity index (χ3n) is 4.15. The Morgan fingerprint density at radius 1 is 1.18 bits per heavy atom. The van der Waals surface area contributed by atoms with E-state index in [0.717, 1.165) is 31.9 Å². The lowest BCUT2D eigenvalue weighted by Gasteiger charge is -2.39. The first-order valence-corrected chi connectivity index (χ1v) is 7.45. The summed E-state index contributed by atoms with van der Waals surface area (Å²) in [5.41, 5.74) is 0.870. The zero-order valence-electron chi connectivity index (χ0n) is 12.2. The highest BCUT2D eigenvalue weighted by atomic mass is 16.2. The Kier molecular flexibility index (Phi) is 3.26. The topological polar surface area (TPSA) is 84.1 Å². The number of amides is 2. The third kappa shape index (κ3) is 2.43. The second kappa shape index (κ2) is 5.41. The van der Waals surface area contributed by atoms with Gasteiger partial charge in [0.15, 0.2) is 0 Å². The number of anilines is 1. The fourth-order valence-electron chi connectivity index (χ4n) is 2.87. The van der Waals surface area contributed by atoms with Crippen molar-refractivity contribution in [1.29, 1.82) is 0 Å². The molecule has 0 unspecified atom stereocenters. The summed E-state index contributed by atoms with van der Waals surface area (Å²) in [6, 6.07) is 0.339. The smallest absolute Gasteiger partial charge is 0.322 e. The molecule has 4 heterocycles. The molecule has 116 valence electrons. The van der Waals surface area contributed by atoms with Gasteiger partial charge in [-0.15, -0.1) is 0 Å². The Morgan fingerprint density at radius 3 is 2.73 bits per heavy atom. The molecule has 9 nitrogen and oxygen atoms in total. The van der Waals surface area contributed by atoms with Gasteiger partial charge in [-0.1, -0.05) is 0 Å². The van der Waals surface area contributed by atoms with Gasteiger partial charge < -0.3 is 5.32 Å². The van der Waals surface area contributed by atoms with E-state index in [1.807, 2.05) is 10.9 Å². The van der Waals surface area contributed by atoms with Gasteiger partial charge in [-0.25, -0.2) is 4.79 Å². The van der Waals surface area contributed by atoms with Gasteiger partial charge in [0.25, 0.3) is 0 Å². The van der Waals surface area contributed by atoms with Crippen molar-refractivity contribution in [1.82, 2.24) is 35.0 Å². The van der Waals surface area contributed by atoms with Crippen LogP contribution < -0.4 is 10.2 Å². The largest absolute Gasteiger partial charge is 0.336 e. The van der Waals surface area contributed by atoms with Crippen molar-refractivity contribution in [3.63, 3.8) is 0 Å². The standard InChI is InChI=1S/C13H18N8O/c22-13-14-3-4-19(13)11-7-17-20(10-11)12-8-18(9-12)5-6-21-15-1-2-16-21/h1-2,7,10,12H,3-6,8-9H2,(H,14,22). The summed E-state index contributed by atoms with van der Waals surface area (Å²) in [7, 11) is 0. The molecule has 9 heteroatoms. The van der Waals surface area contributed by atoms with Crippen LogP contribution in [0.15, 0.2) is 24.8 Å². The van der Waals surface area contributed by atoms with Crippen LogP contribution in [-0.2, 0) is 6.54 Å². The van der Waals surface area contributed by atoms with Crippen molar-refractivity contribution in [2.75, 3.05) is 37.6 Å². The maximum Gasteiger partial charge on any atom is 0.322 e.